The lowest BCUT2D eigenvalue weighted by Gasteiger charge is -2.13. The molecular formula is C15H12BrClF3N. The Morgan fingerprint density at radius 3 is 2.48 bits per heavy atom. The van der Waals surface area contributed by atoms with E-state index in [0.717, 1.165) is 16.1 Å². The molecule has 0 heterocycles. The van der Waals surface area contributed by atoms with Gasteiger partial charge in [-0.15, -0.1) is 0 Å². The fraction of sp³-hybridized carbons (Fsp3) is 0.200. The molecule has 6 heteroatoms. The highest BCUT2D eigenvalue weighted by Crippen LogP contribution is 2.33. The normalized spacial score (nSPS) is 11.5. The van der Waals surface area contributed by atoms with Gasteiger partial charge in [-0.3, -0.25) is 0 Å². The van der Waals surface area contributed by atoms with Crippen LogP contribution >= 0.6 is 27.5 Å². The van der Waals surface area contributed by atoms with Crippen LogP contribution in [0.5, 0.6) is 0 Å². The fourth-order valence-electron chi connectivity index (χ4n) is 1.89. The Hall–Kier alpha value is -1.20. The molecule has 0 atom stereocenters. The number of alkyl halides is 3. The van der Waals surface area contributed by atoms with Crippen molar-refractivity contribution in [3.8, 4) is 0 Å². The third kappa shape index (κ3) is 4.14. The lowest BCUT2D eigenvalue weighted by Crippen LogP contribution is -2.09. The van der Waals surface area contributed by atoms with Crippen LogP contribution in [0, 0.1) is 6.92 Å². The van der Waals surface area contributed by atoms with Gasteiger partial charge in [-0.05, 0) is 58.2 Å². The zero-order valence-electron chi connectivity index (χ0n) is 11.1. The summed E-state index contributed by atoms with van der Waals surface area (Å²) in [6.45, 7) is 1.86. The number of anilines is 1. The lowest BCUT2D eigenvalue weighted by molar-refractivity contribution is -0.138. The molecule has 2 rings (SSSR count). The van der Waals surface area contributed by atoms with Gasteiger partial charge in [0.2, 0.25) is 0 Å². The van der Waals surface area contributed by atoms with Gasteiger partial charge < -0.3 is 5.32 Å². The van der Waals surface area contributed by atoms with Crippen LogP contribution in [0.1, 0.15) is 16.7 Å². The maximum atomic E-state index is 12.8. The van der Waals surface area contributed by atoms with Crippen molar-refractivity contribution in [3.05, 3.63) is 62.6 Å². The van der Waals surface area contributed by atoms with E-state index in [1.165, 1.54) is 13.0 Å². The number of rotatable bonds is 3. The quantitative estimate of drug-likeness (QED) is 0.686. The van der Waals surface area contributed by atoms with Gasteiger partial charge in [0, 0.05) is 16.7 Å². The predicted octanol–water partition coefficient (Wildman–Crippen LogP) is 6.04. The minimum atomic E-state index is -4.34. The topological polar surface area (TPSA) is 12.0 Å². The maximum absolute atomic E-state index is 12.8. The first kappa shape index (κ1) is 16.2. The Morgan fingerprint density at radius 1 is 1.14 bits per heavy atom. The zero-order chi connectivity index (χ0) is 15.6. The molecule has 1 N–H and O–H groups in total. The predicted molar refractivity (Wildman–Crippen MR) is 82.7 cm³/mol. The summed E-state index contributed by atoms with van der Waals surface area (Å²) in [6, 6.07) is 9.60. The third-order valence-corrected chi connectivity index (χ3v) is 4.24. The van der Waals surface area contributed by atoms with E-state index >= 15 is 0 Å². The minimum absolute atomic E-state index is 0.210. The first-order valence-corrected chi connectivity index (χ1v) is 7.30. The summed E-state index contributed by atoms with van der Waals surface area (Å²) in [6.07, 6.45) is -4.34. The van der Waals surface area contributed by atoms with Crippen LogP contribution in [-0.4, -0.2) is 0 Å². The summed E-state index contributed by atoms with van der Waals surface area (Å²) in [4.78, 5) is 0. The molecule has 112 valence electrons. The largest absolute Gasteiger partial charge is 0.416 e. The summed E-state index contributed by atoms with van der Waals surface area (Å²) < 4.78 is 39.3. The van der Waals surface area contributed by atoms with Crippen LogP contribution in [0.25, 0.3) is 0 Å². The average molecular weight is 379 g/mol. The number of hydrogen-bond donors (Lipinski definition) is 1. The van der Waals surface area contributed by atoms with E-state index < -0.39 is 11.7 Å². The van der Waals surface area contributed by atoms with E-state index in [1.807, 2.05) is 12.1 Å². The molecule has 0 aliphatic carbocycles. The van der Waals surface area contributed by atoms with Gasteiger partial charge in [0.1, 0.15) is 0 Å². The molecule has 0 aliphatic rings. The summed E-state index contributed by atoms with van der Waals surface area (Å²) in [5.74, 6) is 0. The van der Waals surface area contributed by atoms with Gasteiger partial charge in [-0.1, -0.05) is 23.7 Å². The van der Waals surface area contributed by atoms with E-state index in [1.54, 1.807) is 12.1 Å². The smallest absolute Gasteiger partial charge is 0.381 e. The molecule has 0 unspecified atom stereocenters. The molecule has 0 aliphatic heterocycles. The van der Waals surface area contributed by atoms with E-state index in [-0.39, 0.29) is 5.56 Å². The van der Waals surface area contributed by atoms with E-state index in [9.17, 15) is 13.2 Å². The second kappa shape index (κ2) is 6.28. The first-order valence-electron chi connectivity index (χ1n) is 6.13. The van der Waals surface area contributed by atoms with E-state index in [4.69, 9.17) is 11.6 Å². The summed E-state index contributed by atoms with van der Waals surface area (Å²) in [7, 11) is 0. The number of nitrogens with one attached hydrogen (secondary N) is 1. The third-order valence-electron chi connectivity index (χ3n) is 3.02. The molecule has 0 saturated carbocycles. The Kier molecular flexibility index (Phi) is 4.84. The van der Waals surface area contributed by atoms with Crippen LogP contribution in [-0.2, 0) is 12.7 Å². The van der Waals surface area contributed by atoms with Crippen LogP contribution in [0.2, 0.25) is 5.02 Å². The SMILES string of the molecule is Cc1ccc(NCc2ccc(Cl)c(Br)c2)cc1C(F)(F)F. The first-order chi connectivity index (χ1) is 9.77. The Labute approximate surface area is 134 Å². The highest BCUT2D eigenvalue weighted by Gasteiger charge is 2.32. The average Bonchev–Trinajstić information content (AvgIpc) is 2.40. The van der Waals surface area contributed by atoms with Crippen LogP contribution in [0.4, 0.5) is 18.9 Å². The molecule has 0 amide bonds. The molecule has 21 heavy (non-hydrogen) atoms. The van der Waals surface area contributed by atoms with Gasteiger partial charge in [0.25, 0.3) is 0 Å². The summed E-state index contributed by atoms with van der Waals surface area (Å²) >= 11 is 9.20. The summed E-state index contributed by atoms with van der Waals surface area (Å²) in [5.41, 5.74) is 0.937. The molecule has 1 nitrogen and oxygen atoms in total. The van der Waals surface area contributed by atoms with Crippen LogP contribution in [0.3, 0.4) is 0 Å². The molecule has 0 saturated heterocycles. The van der Waals surface area contributed by atoms with Crippen molar-refractivity contribution in [1.29, 1.82) is 0 Å². The van der Waals surface area contributed by atoms with Crippen molar-refractivity contribution in [2.75, 3.05) is 5.32 Å². The van der Waals surface area contributed by atoms with E-state index in [0.29, 0.717) is 17.3 Å². The van der Waals surface area contributed by atoms with Gasteiger partial charge in [-0.25, -0.2) is 0 Å². The van der Waals surface area contributed by atoms with Gasteiger partial charge in [-0.2, -0.15) is 13.2 Å². The van der Waals surface area contributed by atoms with Crippen molar-refractivity contribution in [3.63, 3.8) is 0 Å². The molecule has 0 radical (unpaired) electrons. The highest BCUT2D eigenvalue weighted by atomic mass is 79.9. The number of benzene rings is 2. The van der Waals surface area contributed by atoms with E-state index in [2.05, 4.69) is 21.2 Å². The lowest BCUT2D eigenvalue weighted by atomic mass is 10.1. The highest BCUT2D eigenvalue weighted by molar-refractivity contribution is 9.10. The van der Waals surface area contributed by atoms with Crippen molar-refractivity contribution in [2.45, 2.75) is 19.6 Å². The van der Waals surface area contributed by atoms with Gasteiger partial charge in [0.05, 0.1) is 10.6 Å². The number of aryl methyl sites for hydroxylation is 1. The van der Waals surface area contributed by atoms with Gasteiger partial charge >= 0.3 is 6.18 Å². The fourth-order valence-corrected chi connectivity index (χ4v) is 2.43. The standard InChI is InChI=1S/C15H12BrClF3N/c1-9-2-4-11(7-12(9)15(18,19)20)21-8-10-3-5-14(17)13(16)6-10/h2-7,21H,8H2,1H3. The van der Waals surface area contributed by atoms with Crippen LogP contribution < -0.4 is 5.32 Å². The second-order valence-electron chi connectivity index (χ2n) is 4.63. The van der Waals surface area contributed by atoms with Crippen molar-refractivity contribution >= 4 is 33.2 Å². The maximum Gasteiger partial charge on any atom is 0.416 e. The summed E-state index contributed by atoms with van der Waals surface area (Å²) in [5, 5.41) is 3.57. The number of hydrogen-bond acceptors (Lipinski definition) is 1. The molecular weight excluding hydrogens is 367 g/mol. The monoisotopic (exact) mass is 377 g/mol. The zero-order valence-corrected chi connectivity index (χ0v) is 13.4. The number of halogens is 5. The Balaban J connectivity index is 2.15. The van der Waals surface area contributed by atoms with Crippen LogP contribution in [0.15, 0.2) is 40.9 Å². The second-order valence-corrected chi connectivity index (χ2v) is 5.89. The Bertz CT molecular complexity index is 656. The Morgan fingerprint density at radius 2 is 1.86 bits per heavy atom. The molecule has 0 spiro atoms. The van der Waals surface area contributed by atoms with Gasteiger partial charge in [0.15, 0.2) is 0 Å². The molecule has 2 aromatic rings. The molecule has 0 fully saturated rings. The minimum Gasteiger partial charge on any atom is -0.381 e. The molecule has 0 bridgehead atoms. The van der Waals surface area contributed by atoms with Crippen molar-refractivity contribution in [2.24, 2.45) is 0 Å². The van der Waals surface area contributed by atoms with Crippen molar-refractivity contribution < 1.29 is 13.2 Å². The van der Waals surface area contributed by atoms with Crippen molar-refractivity contribution in [1.82, 2.24) is 0 Å². The molecule has 2 aromatic carbocycles. The molecule has 0 aromatic heterocycles.